The molecular weight excluding hydrogens is 388 g/mol. The SMILES string of the molecule is CS(=O)(=O)c1cccc(C(=O)N2CCc3oc(CCc4ccccc4)nc3C2)c1. The quantitative estimate of drug-likeness (QED) is 0.646. The molecule has 0 saturated heterocycles. The topological polar surface area (TPSA) is 80.5 Å². The molecule has 0 N–H and O–H groups in total. The van der Waals surface area contributed by atoms with Crippen molar-refractivity contribution in [2.75, 3.05) is 12.8 Å². The molecule has 2 heterocycles. The lowest BCUT2D eigenvalue weighted by Crippen LogP contribution is -2.35. The molecule has 1 aromatic heterocycles. The van der Waals surface area contributed by atoms with Gasteiger partial charge < -0.3 is 9.32 Å². The third-order valence-electron chi connectivity index (χ3n) is 5.04. The predicted octanol–water partition coefficient (Wildman–Crippen LogP) is 3.06. The molecule has 0 bridgehead atoms. The number of amides is 1. The average Bonchev–Trinajstić information content (AvgIpc) is 3.14. The number of hydrogen-bond acceptors (Lipinski definition) is 5. The van der Waals surface area contributed by atoms with Crippen molar-refractivity contribution in [2.45, 2.75) is 30.7 Å². The van der Waals surface area contributed by atoms with Crippen molar-refractivity contribution >= 4 is 15.7 Å². The Morgan fingerprint density at radius 2 is 1.90 bits per heavy atom. The number of hydrogen-bond donors (Lipinski definition) is 0. The van der Waals surface area contributed by atoms with E-state index in [0.29, 0.717) is 37.4 Å². The predicted molar refractivity (Wildman–Crippen MR) is 108 cm³/mol. The molecule has 7 heteroatoms. The number of aromatic nitrogens is 1. The van der Waals surface area contributed by atoms with Crippen LogP contribution in [0.3, 0.4) is 0 Å². The molecule has 1 aliphatic rings. The van der Waals surface area contributed by atoms with Crippen molar-refractivity contribution < 1.29 is 17.6 Å². The van der Waals surface area contributed by atoms with E-state index in [2.05, 4.69) is 17.1 Å². The van der Waals surface area contributed by atoms with E-state index in [9.17, 15) is 13.2 Å². The summed E-state index contributed by atoms with van der Waals surface area (Å²) < 4.78 is 29.4. The number of carbonyl (C=O) groups excluding carboxylic acids is 1. The highest BCUT2D eigenvalue weighted by Gasteiger charge is 2.26. The maximum atomic E-state index is 12.9. The van der Waals surface area contributed by atoms with Gasteiger partial charge >= 0.3 is 0 Å². The number of oxazole rings is 1. The first-order valence-electron chi connectivity index (χ1n) is 9.51. The van der Waals surface area contributed by atoms with Crippen LogP contribution in [0.2, 0.25) is 0 Å². The van der Waals surface area contributed by atoms with E-state index in [1.807, 2.05) is 18.2 Å². The van der Waals surface area contributed by atoms with E-state index in [4.69, 9.17) is 4.42 Å². The molecule has 0 radical (unpaired) electrons. The normalized spacial score (nSPS) is 13.9. The molecule has 1 aliphatic heterocycles. The molecule has 2 aromatic carbocycles. The Labute approximate surface area is 170 Å². The molecule has 29 heavy (non-hydrogen) atoms. The minimum absolute atomic E-state index is 0.144. The fourth-order valence-corrected chi connectivity index (χ4v) is 4.14. The fourth-order valence-electron chi connectivity index (χ4n) is 3.47. The zero-order valence-electron chi connectivity index (χ0n) is 16.2. The number of carbonyl (C=O) groups is 1. The zero-order valence-corrected chi connectivity index (χ0v) is 17.0. The minimum Gasteiger partial charge on any atom is -0.445 e. The average molecular weight is 410 g/mol. The standard InChI is InChI=1S/C22H22N2O4S/c1-29(26,27)18-9-5-8-17(14-18)22(25)24-13-12-20-19(15-24)23-21(28-20)11-10-16-6-3-2-4-7-16/h2-9,14H,10-13,15H2,1H3. The van der Waals surface area contributed by atoms with Crippen LogP contribution in [0, 0.1) is 0 Å². The summed E-state index contributed by atoms with van der Waals surface area (Å²) in [5.41, 5.74) is 2.38. The molecule has 150 valence electrons. The van der Waals surface area contributed by atoms with Crippen molar-refractivity contribution in [3.63, 3.8) is 0 Å². The van der Waals surface area contributed by atoms with Gasteiger partial charge in [0.05, 0.1) is 11.4 Å². The number of nitrogens with zero attached hydrogens (tertiary/aromatic N) is 2. The zero-order chi connectivity index (χ0) is 20.4. The van der Waals surface area contributed by atoms with Gasteiger partial charge in [0.15, 0.2) is 15.7 Å². The van der Waals surface area contributed by atoms with E-state index in [-0.39, 0.29) is 10.8 Å². The summed E-state index contributed by atoms with van der Waals surface area (Å²) >= 11 is 0. The smallest absolute Gasteiger partial charge is 0.254 e. The minimum atomic E-state index is -3.36. The lowest BCUT2D eigenvalue weighted by atomic mass is 10.1. The number of fused-ring (bicyclic) bond motifs is 1. The molecule has 4 rings (SSSR count). The highest BCUT2D eigenvalue weighted by Crippen LogP contribution is 2.23. The summed E-state index contributed by atoms with van der Waals surface area (Å²) in [7, 11) is -3.36. The summed E-state index contributed by atoms with van der Waals surface area (Å²) in [6.07, 6.45) is 3.30. The van der Waals surface area contributed by atoms with E-state index in [1.54, 1.807) is 17.0 Å². The van der Waals surface area contributed by atoms with E-state index < -0.39 is 9.84 Å². The summed E-state index contributed by atoms with van der Waals surface area (Å²) in [6.45, 7) is 0.883. The van der Waals surface area contributed by atoms with Gasteiger partial charge in [-0.05, 0) is 30.2 Å². The Bertz CT molecular complexity index is 1140. The highest BCUT2D eigenvalue weighted by molar-refractivity contribution is 7.90. The Balaban J connectivity index is 1.46. The first-order valence-corrected chi connectivity index (χ1v) is 11.4. The van der Waals surface area contributed by atoms with Gasteiger partial charge in [-0.15, -0.1) is 0 Å². The molecule has 0 fully saturated rings. The first kappa shape index (κ1) is 19.4. The second kappa shape index (κ2) is 7.83. The Morgan fingerprint density at radius 1 is 1.10 bits per heavy atom. The maximum Gasteiger partial charge on any atom is 0.254 e. The van der Waals surface area contributed by atoms with E-state index in [1.165, 1.54) is 17.7 Å². The van der Waals surface area contributed by atoms with Gasteiger partial charge in [-0.3, -0.25) is 4.79 Å². The third kappa shape index (κ3) is 4.40. The van der Waals surface area contributed by atoms with Crippen LogP contribution in [0.5, 0.6) is 0 Å². The molecule has 0 aliphatic carbocycles. The largest absolute Gasteiger partial charge is 0.445 e. The van der Waals surface area contributed by atoms with Crippen molar-refractivity contribution in [3.05, 3.63) is 83.1 Å². The second-order valence-corrected chi connectivity index (χ2v) is 9.26. The first-order chi connectivity index (χ1) is 13.9. The lowest BCUT2D eigenvalue weighted by molar-refractivity contribution is 0.0727. The summed E-state index contributed by atoms with van der Waals surface area (Å²) in [5.74, 6) is 1.32. The lowest BCUT2D eigenvalue weighted by Gasteiger charge is -2.25. The van der Waals surface area contributed by atoms with Gasteiger partial charge in [-0.2, -0.15) is 0 Å². The van der Waals surface area contributed by atoms with Crippen LogP contribution in [0.15, 0.2) is 63.9 Å². The maximum absolute atomic E-state index is 12.9. The van der Waals surface area contributed by atoms with Gasteiger partial charge in [-0.25, -0.2) is 13.4 Å². The second-order valence-electron chi connectivity index (χ2n) is 7.24. The Morgan fingerprint density at radius 3 is 2.66 bits per heavy atom. The van der Waals surface area contributed by atoms with Crippen LogP contribution in [0.1, 0.15) is 33.3 Å². The van der Waals surface area contributed by atoms with Gasteiger partial charge in [0.25, 0.3) is 5.91 Å². The molecule has 1 amide bonds. The van der Waals surface area contributed by atoms with Gasteiger partial charge in [0, 0.05) is 31.2 Å². The fraction of sp³-hybridized carbons (Fsp3) is 0.273. The molecular formula is C22H22N2O4S. The number of sulfone groups is 1. The van der Waals surface area contributed by atoms with Gasteiger partial charge in [0.1, 0.15) is 11.5 Å². The monoisotopic (exact) mass is 410 g/mol. The highest BCUT2D eigenvalue weighted by atomic mass is 32.2. The van der Waals surface area contributed by atoms with Crippen LogP contribution in [-0.2, 0) is 35.6 Å². The number of rotatable bonds is 5. The van der Waals surface area contributed by atoms with Crippen molar-refractivity contribution in [1.29, 1.82) is 0 Å². The Hall–Kier alpha value is -2.93. The van der Waals surface area contributed by atoms with Gasteiger partial charge in [-0.1, -0.05) is 36.4 Å². The summed E-state index contributed by atoms with van der Waals surface area (Å²) in [5, 5.41) is 0. The van der Waals surface area contributed by atoms with Crippen molar-refractivity contribution in [3.8, 4) is 0 Å². The molecule has 3 aromatic rings. The van der Waals surface area contributed by atoms with Crippen LogP contribution in [-0.4, -0.2) is 37.0 Å². The third-order valence-corrected chi connectivity index (χ3v) is 6.15. The van der Waals surface area contributed by atoms with Crippen molar-refractivity contribution in [2.24, 2.45) is 0 Å². The molecule has 0 atom stereocenters. The van der Waals surface area contributed by atoms with Crippen LogP contribution in [0.25, 0.3) is 0 Å². The summed E-state index contributed by atoms with van der Waals surface area (Å²) in [4.78, 5) is 19.3. The molecule has 6 nitrogen and oxygen atoms in total. The summed E-state index contributed by atoms with van der Waals surface area (Å²) in [6, 6.07) is 16.3. The molecule has 0 unspecified atom stereocenters. The number of aryl methyl sites for hydroxylation is 2. The Kier molecular flexibility index (Phi) is 5.24. The van der Waals surface area contributed by atoms with E-state index >= 15 is 0 Å². The molecule has 0 spiro atoms. The van der Waals surface area contributed by atoms with Crippen LogP contribution in [0.4, 0.5) is 0 Å². The number of benzene rings is 2. The van der Waals surface area contributed by atoms with Crippen LogP contribution < -0.4 is 0 Å². The van der Waals surface area contributed by atoms with Gasteiger partial charge in [0.2, 0.25) is 0 Å². The molecule has 0 saturated carbocycles. The van der Waals surface area contributed by atoms with Crippen molar-refractivity contribution in [1.82, 2.24) is 9.88 Å². The van der Waals surface area contributed by atoms with E-state index in [0.717, 1.165) is 24.1 Å². The van der Waals surface area contributed by atoms with Crippen LogP contribution >= 0.6 is 0 Å².